The molecule has 0 radical (unpaired) electrons. The van der Waals surface area contributed by atoms with Crippen molar-refractivity contribution < 1.29 is 17.6 Å². The lowest BCUT2D eigenvalue weighted by Crippen LogP contribution is -2.31. The third kappa shape index (κ3) is 5.66. The molecule has 3 aromatic rings. The summed E-state index contributed by atoms with van der Waals surface area (Å²) in [5, 5.41) is 11.0. The Kier molecular flexibility index (Phi) is 7.89. The molecular formula is C21H22Cl2N4O4S. The zero-order chi connectivity index (χ0) is 23.3. The topological polar surface area (TPSA) is 105 Å². The van der Waals surface area contributed by atoms with Gasteiger partial charge in [-0.15, -0.1) is 5.10 Å². The fourth-order valence-corrected chi connectivity index (χ4v) is 4.96. The van der Waals surface area contributed by atoms with Gasteiger partial charge >= 0.3 is 6.01 Å². The van der Waals surface area contributed by atoms with Crippen molar-refractivity contribution in [2.24, 2.45) is 0 Å². The second-order valence-electron chi connectivity index (χ2n) is 6.90. The Hall–Kier alpha value is -2.46. The Balaban J connectivity index is 1.72. The Bertz CT molecular complexity index is 1180. The molecule has 2 aromatic carbocycles. The SMILES string of the molecule is CCCCN(CC)S(=O)(=O)c1ccc(C(=O)Nc2nnc(-c3cc(Cl)cc(Cl)c3)o2)cc1. The molecule has 0 aliphatic rings. The molecule has 1 N–H and O–H groups in total. The molecule has 0 atom stereocenters. The largest absolute Gasteiger partial charge is 0.403 e. The Labute approximate surface area is 196 Å². The first-order chi connectivity index (χ1) is 15.2. The van der Waals surface area contributed by atoms with Gasteiger partial charge in [0.2, 0.25) is 15.9 Å². The number of aromatic nitrogens is 2. The Morgan fingerprint density at radius 1 is 1.06 bits per heavy atom. The van der Waals surface area contributed by atoms with Crippen LogP contribution in [0.2, 0.25) is 10.0 Å². The summed E-state index contributed by atoms with van der Waals surface area (Å²) in [6.45, 7) is 4.63. The van der Waals surface area contributed by atoms with Gasteiger partial charge < -0.3 is 4.42 Å². The van der Waals surface area contributed by atoms with Gasteiger partial charge in [-0.2, -0.15) is 4.31 Å². The predicted octanol–water partition coefficient (Wildman–Crippen LogP) is 5.11. The van der Waals surface area contributed by atoms with Crippen molar-refractivity contribution in [2.75, 3.05) is 18.4 Å². The van der Waals surface area contributed by atoms with Crippen molar-refractivity contribution in [1.29, 1.82) is 0 Å². The molecular weight excluding hydrogens is 475 g/mol. The maximum Gasteiger partial charge on any atom is 0.322 e. The van der Waals surface area contributed by atoms with Crippen LogP contribution < -0.4 is 5.32 Å². The normalized spacial score (nSPS) is 11.7. The summed E-state index contributed by atoms with van der Waals surface area (Å²) in [5.74, 6) is -0.385. The standard InChI is InChI=1S/C21H22Cl2N4O4S/c1-3-5-10-27(4-2)32(29,30)18-8-6-14(7-9-18)19(28)24-21-26-25-20(31-21)15-11-16(22)13-17(23)12-15/h6-9,11-13H,3-5,10H2,1-2H3,(H,24,26,28). The van der Waals surface area contributed by atoms with Crippen LogP contribution in [0.1, 0.15) is 37.0 Å². The minimum absolute atomic E-state index is 0.116. The molecule has 0 unspecified atom stereocenters. The van der Waals surface area contributed by atoms with Crippen molar-refractivity contribution in [1.82, 2.24) is 14.5 Å². The highest BCUT2D eigenvalue weighted by atomic mass is 35.5. The molecule has 8 nitrogen and oxygen atoms in total. The number of nitrogens with zero attached hydrogens (tertiary/aromatic N) is 3. The number of carbonyl (C=O) groups excluding carboxylic acids is 1. The summed E-state index contributed by atoms with van der Waals surface area (Å²) < 4.78 is 32.5. The van der Waals surface area contributed by atoms with Gasteiger partial charge in [0.25, 0.3) is 5.91 Å². The molecule has 1 heterocycles. The zero-order valence-corrected chi connectivity index (χ0v) is 19.8. The van der Waals surface area contributed by atoms with Crippen molar-refractivity contribution in [3.8, 4) is 11.5 Å². The van der Waals surface area contributed by atoms with Gasteiger partial charge in [-0.1, -0.05) is 48.6 Å². The van der Waals surface area contributed by atoms with Crippen molar-refractivity contribution >= 4 is 45.1 Å². The molecule has 170 valence electrons. The molecule has 1 aromatic heterocycles. The van der Waals surface area contributed by atoms with E-state index in [0.717, 1.165) is 12.8 Å². The van der Waals surface area contributed by atoms with E-state index in [1.165, 1.54) is 28.6 Å². The molecule has 11 heteroatoms. The number of anilines is 1. The highest BCUT2D eigenvalue weighted by molar-refractivity contribution is 7.89. The monoisotopic (exact) mass is 496 g/mol. The fourth-order valence-electron chi connectivity index (χ4n) is 2.95. The second kappa shape index (κ2) is 10.4. The van der Waals surface area contributed by atoms with Gasteiger partial charge in [-0.05, 0) is 48.9 Å². The number of amides is 1. The van der Waals surface area contributed by atoms with Crippen molar-refractivity contribution in [3.05, 3.63) is 58.1 Å². The quantitative estimate of drug-likeness (QED) is 0.441. The molecule has 0 spiro atoms. The molecule has 0 aliphatic heterocycles. The van der Waals surface area contributed by atoms with Gasteiger partial charge in [-0.25, -0.2) is 8.42 Å². The van der Waals surface area contributed by atoms with Gasteiger partial charge in [0, 0.05) is 34.3 Å². The predicted molar refractivity (Wildman–Crippen MR) is 123 cm³/mol. The number of halogens is 2. The number of carbonyl (C=O) groups is 1. The smallest absolute Gasteiger partial charge is 0.322 e. The first-order valence-corrected chi connectivity index (χ1v) is 12.2. The van der Waals surface area contributed by atoms with Crippen LogP contribution in [0, 0.1) is 0 Å². The van der Waals surface area contributed by atoms with E-state index in [2.05, 4.69) is 15.5 Å². The van der Waals surface area contributed by atoms with Crippen LogP contribution >= 0.6 is 23.2 Å². The van der Waals surface area contributed by atoms with E-state index < -0.39 is 15.9 Å². The zero-order valence-electron chi connectivity index (χ0n) is 17.5. The van der Waals surface area contributed by atoms with Gasteiger partial charge in [-0.3, -0.25) is 10.1 Å². The van der Waals surface area contributed by atoms with E-state index in [4.69, 9.17) is 27.6 Å². The van der Waals surface area contributed by atoms with Crippen LogP contribution in [-0.2, 0) is 10.0 Å². The average molecular weight is 497 g/mol. The molecule has 1 amide bonds. The summed E-state index contributed by atoms with van der Waals surface area (Å²) in [6.07, 6.45) is 1.67. The van der Waals surface area contributed by atoms with Crippen LogP contribution in [0.15, 0.2) is 51.8 Å². The van der Waals surface area contributed by atoms with E-state index in [1.54, 1.807) is 25.1 Å². The number of nitrogens with one attached hydrogen (secondary N) is 1. The Morgan fingerprint density at radius 2 is 1.72 bits per heavy atom. The van der Waals surface area contributed by atoms with Gasteiger partial charge in [0.1, 0.15) is 0 Å². The summed E-state index contributed by atoms with van der Waals surface area (Å²) in [5.41, 5.74) is 0.750. The Morgan fingerprint density at radius 3 is 2.31 bits per heavy atom. The number of hydrogen-bond acceptors (Lipinski definition) is 6. The van der Waals surface area contributed by atoms with Crippen LogP contribution in [0.5, 0.6) is 0 Å². The van der Waals surface area contributed by atoms with Crippen LogP contribution in [-0.4, -0.2) is 41.9 Å². The first-order valence-electron chi connectivity index (χ1n) is 9.96. The lowest BCUT2D eigenvalue weighted by Gasteiger charge is -2.20. The van der Waals surface area contributed by atoms with E-state index in [0.29, 0.717) is 28.7 Å². The highest BCUT2D eigenvalue weighted by Gasteiger charge is 2.23. The van der Waals surface area contributed by atoms with Crippen LogP contribution in [0.25, 0.3) is 11.5 Å². The van der Waals surface area contributed by atoms with Crippen LogP contribution in [0.3, 0.4) is 0 Å². The third-order valence-corrected chi connectivity index (χ3v) is 7.05. The number of rotatable bonds is 9. The van der Waals surface area contributed by atoms with Crippen molar-refractivity contribution in [3.63, 3.8) is 0 Å². The summed E-state index contributed by atoms with van der Waals surface area (Å²) in [7, 11) is -3.62. The van der Waals surface area contributed by atoms with Crippen molar-refractivity contribution in [2.45, 2.75) is 31.6 Å². The highest BCUT2D eigenvalue weighted by Crippen LogP contribution is 2.27. The molecule has 0 saturated carbocycles. The minimum Gasteiger partial charge on any atom is -0.403 e. The summed E-state index contributed by atoms with van der Waals surface area (Å²) in [4.78, 5) is 12.6. The fraction of sp³-hybridized carbons (Fsp3) is 0.286. The van der Waals surface area contributed by atoms with E-state index in [1.807, 2.05) is 6.92 Å². The number of unbranched alkanes of at least 4 members (excludes halogenated alkanes) is 1. The van der Waals surface area contributed by atoms with E-state index >= 15 is 0 Å². The molecule has 0 bridgehead atoms. The third-order valence-electron chi connectivity index (χ3n) is 4.62. The van der Waals surface area contributed by atoms with E-state index in [9.17, 15) is 13.2 Å². The van der Waals surface area contributed by atoms with E-state index in [-0.39, 0.29) is 22.4 Å². The number of hydrogen-bond donors (Lipinski definition) is 1. The second-order valence-corrected chi connectivity index (χ2v) is 9.71. The molecule has 3 rings (SSSR count). The lowest BCUT2D eigenvalue weighted by molar-refractivity contribution is 0.102. The van der Waals surface area contributed by atoms with Crippen LogP contribution in [0.4, 0.5) is 6.01 Å². The molecule has 0 fully saturated rings. The number of sulfonamides is 1. The maximum absolute atomic E-state index is 12.8. The first kappa shape index (κ1) is 24.2. The average Bonchev–Trinajstić information content (AvgIpc) is 3.22. The number of benzene rings is 2. The summed E-state index contributed by atoms with van der Waals surface area (Å²) >= 11 is 12.0. The van der Waals surface area contributed by atoms with Gasteiger partial charge in [0.15, 0.2) is 0 Å². The van der Waals surface area contributed by atoms with Gasteiger partial charge in [0.05, 0.1) is 4.90 Å². The molecule has 0 aliphatic carbocycles. The molecule has 32 heavy (non-hydrogen) atoms. The molecule has 0 saturated heterocycles. The maximum atomic E-state index is 12.8. The lowest BCUT2D eigenvalue weighted by atomic mass is 10.2. The minimum atomic E-state index is -3.62. The summed E-state index contributed by atoms with van der Waals surface area (Å²) in [6, 6.07) is 10.3.